The summed E-state index contributed by atoms with van der Waals surface area (Å²) < 4.78 is 5.00. The number of hydrogen-bond acceptors (Lipinski definition) is 5. The van der Waals surface area contributed by atoms with Gasteiger partial charge in [0.15, 0.2) is 0 Å². The molecule has 6 nitrogen and oxygen atoms in total. The number of phenols is 1. The Hall–Kier alpha value is -1.79. The summed E-state index contributed by atoms with van der Waals surface area (Å²) >= 11 is 0. The van der Waals surface area contributed by atoms with Gasteiger partial charge in [0.1, 0.15) is 11.5 Å². The van der Waals surface area contributed by atoms with Crippen LogP contribution in [0.2, 0.25) is 0 Å². The van der Waals surface area contributed by atoms with Gasteiger partial charge in [-0.05, 0) is 31.6 Å². The van der Waals surface area contributed by atoms with Gasteiger partial charge in [0.05, 0.1) is 19.3 Å². The minimum absolute atomic E-state index is 0.00948. The van der Waals surface area contributed by atoms with Gasteiger partial charge >= 0.3 is 0 Å². The molecule has 1 heterocycles. The van der Waals surface area contributed by atoms with E-state index in [1.165, 1.54) is 13.2 Å². The van der Waals surface area contributed by atoms with Crippen molar-refractivity contribution in [2.75, 3.05) is 45.2 Å². The van der Waals surface area contributed by atoms with E-state index in [0.717, 1.165) is 32.6 Å². The molecular formula is C14H21N3O3. The monoisotopic (exact) mass is 279 g/mol. The first-order valence-corrected chi connectivity index (χ1v) is 6.79. The first-order chi connectivity index (χ1) is 9.69. The van der Waals surface area contributed by atoms with E-state index in [-0.39, 0.29) is 11.7 Å². The number of rotatable bonds is 4. The van der Waals surface area contributed by atoms with Crippen molar-refractivity contribution in [3.8, 4) is 11.5 Å². The molecule has 0 bridgehead atoms. The molecule has 0 atom stereocenters. The van der Waals surface area contributed by atoms with Crippen molar-refractivity contribution in [2.45, 2.75) is 6.42 Å². The van der Waals surface area contributed by atoms with E-state index in [2.05, 4.69) is 15.5 Å². The minimum Gasteiger partial charge on any atom is -0.506 e. The molecule has 0 saturated carbocycles. The zero-order chi connectivity index (χ0) is 14.4. The molecule has 1 aromatic carbocycles. The zero-order valence-corrected chi connectivity index (χ0v) is 11.7. The quantitative estimate of drug-likeness (QED) is 0.705. The average molecular weight is 279 g/mol. The van der Waals surface area contributed by atoms with Crippen molar-refractivity contribution in [1.82, 2.24) is 10.2 Å². The van der Waals surface area contributed by atoms with Gasteiger partial charge < -0.3 is 20.5 Å². The van der Waals surface area contributed by atoms with Gasteiger partial charge in [-0.25, -0.2) is 0 Å². The third-order valence-corrected chi connectivity index (χ3v) is 3.28. The van der Waals surface area contributed by atoms with Crippen LogP contribution in [0.3, 0.4) is 0 Å². The Morgan fingerprint density at radius 2 is 2.30 bits per heavy atom. The Balaban J connectivity index is 1.90. The number of nitrogens with zero attached hydrogens (tertiary/aromatic N) is 1. The number of ether oxygens (including phenoxy) is 1. The van der Waals surface area contributed by atoms with Crippen LogP contribution in [-0.4, -0.2) is 55.7 Å². The van der Waals surface area contributed by atoms with E-state index in [9.17, 15) is 9.90 Å². The third-order valence-electron chi connectivity index (χ3n) is 3.28. The SMILES string of the molecule is COc1ccc(NC(=O)CN2CCCNCC2)c(O)c1. The Kier molecular flexibility index (Phi) is 5.20. The molecule has 0 aliphatic carbocycles. The summed E-state index contributed by atoms with van der Waals surface area (Å²) in [5.41, 5.74) is 0.406. The Morgan fingerprint density at radius 3 is 3.05 bits per heavy atom. The molecule has 1 fully saturated rings. The standard InChI is InChI=1S/C14H21N3O3/c1-20-11-3-4-12(13(18)9-11)16-14(19)10-17-7-2-5-15-6-8-17/h3-4,9,15,18H,2,5-8,10H2,1H3,(H,16,19). The molecule has 6 heteroatoms. The van der Waals surface area contributed by atoms with Crippen molar-refractivity contribution < 1.29 is 14.6 Å². The highest BCUT2D eigenvalue weighted by atomic mass is 16.5. The number of benzene rings is 1. The van der Waals surface area contributed by atoms with Crippen LogP contribution in [0.5, 0.6) is 11.5 Å². The van der Waals surface area contributed by atoms with E-state index in [4.69, 9.17) is 4.74 Å². The molecule has 0 unspecified atom stereocenters. The molecule has 0 radical (unpaired) electrons. The number of anilines is 1. The zero-order valence-electron chi connectivity index (χ0n) is 11.7. The number of aromatic hydroxyl groups is 1. The highest BCUT2D eigenvalue weighted by molar-refractivity contribution is 5.93. The third kappa shape index (κ3) is 4.11. The van der Waals surface area contributed by atoms with Gasteiger partial charge in [0, 0.05) is 19.2 Å². The van der Waals surface area contributed by atoms with E-state index in [1.807, 2.05) is 0 Å². The first kappa shape index (κ1) is 14.6. The predicted molar refractivity (Wildman–Crippen MR) is 77.2 cm³/mol. The highest BCUT2D eigenvalue weighted by Crippen LogP contribution is 2.27. The maximum atomic E-state index is 12.0. The maximum absolute atomic E-state index is 12.0. The van der Waals surface area contributed by atoms with Crippen LogP contribution < -0.4 is 15.4 Å². The summed E-state index contributed by atoms with van der Waals surface area (Å²) in [6.07, 6.45) is 1.04. The molecule has 1 saturated heterocycles. The van der Waals surface area contributed by atoms with Crippen molar-refractivity contribution in [1.29, 1.82) is 0 Å². The van der Waals surface area contributed by atoms with Gasteiger partial charge in [-0.2, -0.15) is 0 Å². The second-order valence-corrected chi connectivity index (χ2v) is 4.81. The predicted octanol–water partition coefficient (Wildman–Crippen LogP) is 0.635. The molecule has 1 amide bonds. The largest absolute Gasteiger partial charge is 0.506 e. The van der Waals surface area contributed by atoms with Crippen molar-refractivity contribution in [3.63, 3.8) is 0 Å². The smallest absolute Gasteiger partial charge is 0.238 e. The summed E-state index contributed by atoms with van der Waals surface area (Å²) in [5.74, 6) is 0.446. The van der Waals surface area contributed by atoms with Crippen LogP contribution in [0.4, 0.5) is 5.69 Å². The fourth-order valence-electron chi connectivity index (χ4n) is 2.20. The Morgan fingerprint density at radius 1 is 1.45 bits per heavy atom. The fourth-order valence-corrected chi connectivity index (χ4v) is 2.20. The fraction of sp³-hybridized carbons (Fsp3) is 0.500. The van der Waals surface area contributed by atoms with Gasteiger partial charge in [-0.3, -0.25) is 9.69 Å². The lowest BCUT2D eigenvalue weighted by Crippen LogP contribution is -2.35. The number of phenolic OH excluding ortho intramolecular Hbond substituents is 1. The molecule has 1 aromatic rings. The highest BCUT2D eigenvalue weighted by Gasteiger charge is 2.14. The summed E-state index contributed by atoms with van der Waals surface area (Å²) in [7, 11) is 1.53. The van der Waals surface area contributed by atoms with Crippen LogP contribution in [0, 0.1) is 0 Å². The topological polar surface area (TPSA) is 73.8 Å². The van der Waals surface area contributed by atoms with Crippen molar-refractivity contribution in [2.24, 2.45) is 0 Å². The van der Waals surface area contributed by atoms with Crippen LogP contribution >= 0.6 is 0 Å². The van der Waals surface area contributed by atoms with Gasteiger partial charge in [0.2, 0.25) is 5.91 Å². The van der Waals surface area contributed by atoms with E-state index < -0.39 is 0 Å². The van der Waals surface area contributed by atoms with Gasteiger partial charge in [-0.1, -0.05) is 0 Å². The number of amides is 1. The summed E-state index contributed by atoms with van der Waals surface area (Å²) in [5, 5.41) is 15.8. The molecule has 3 N–H and O–H groups in total. The van der Waals surface area contributed by atoms with Crippen LogP contribution in [0.25, 0.3) is 0 Å². The lowest BCUT2D eigenvalue weighted by Gasteiger charge is -2.18. The van der Waals surface area contributed by atoms with Crippen LogP contribution in [0.1, 0.15) is 6.42 Å². The van der Waals surface area contributed by atoms with Crippen molar-refractivity contribution in [3.05, 3.63) is 18.2 Å². The molecule has 1 aliphatic rings. The van der Waals surface area contributed by atoms with Crippen molar-refractivity contribution >= 4 is 11.6 Å². The van der Waals surface area contributed by atoms with Gasteiger partial charge in [0.25, 0.3) is 0 Å². The lowest BCUT2D eigenvalue weighted by molar-refractivity contribution is -0.117. The molecule has 110 valence electrons. The minimum atomic E-state index is -0.118. The van der Waals surface area contributed by atoms with E-state index in [0.29, 0.717) is 18.0 Å². The first-order valence-electron chi connectivity index (χ1n) is 6.79. The second-order valence-electron chi connectivity index (χ2n) is 4.81. The number of carbonyl (C=O) groups excluding carboxylic acids is 1. The van der Waals surface area contributed by atoms with Crippen LogP contribution in [0.15, 0.2) is 18.2 Å². The number of carbonyl (C=O) groups is 1. The Bertz CT molecular complexity index is 457. The van der Waals surface area contributed by atoms with Crippen LogP contribution in [-0.2, 0) is 4.79 Å². The lowest BCUT2D eigenvalue weighted by atomic mass is 10.2. The maximum Gasteiger partial charge on any atom is 0.238 e. The normalized spacial score (nSPS) is 16.4. The number of methoxy groups -OCH3 is 1. The molecular weight excluding hydrogens is 258 g/mol. The summed E-state index contributed by atoms with van der Waals surface area (Å²) in [6, 6.07) is 4.81. The molecule has 20 heavy (non-hydrogen) atoms. The molecule has 2 rings (SSSR count). The number of hydrogen-bond donors (Lipinski definition) is 3. The van der Waals surface area contributed by atoms with E-state index in [1.54, 1.807) is 12.1 Å². The summed E-state index contributed by atoms with van der Waals surface area (Å²) in [4.78, 5) is 14.1. The molecule has 0 aromatic heterocycles. The summed E-state index contributed by atoms with van der Waals surface area (Å²) in [6.45, 7) is 4.02. The average Bonchev–Trinajstić information content (AvgIpc) is 2.69. The van der Waals surface area contributed by atoms with Gasteiger partial charge in [-0.15, -0.1) is 0 Å². The second kappa shape index (κ2) is 7.12. The van der Waals surface area contributed by atoms with E-state index >= 15 is 0 Å². The molecule has 1 aliphatic heterocycles. The Labute approximate surface area is 118 Å². The molecule has 0 spiro atoms. The number of nitrogens with one attached hydrogen (secondary N) is 2.